The fourth-order valence-electron chi connectivity index (χ4n) is 7.32. The average Bonchev–Trinajstić information content (AvgIpc) is 3.87. The Labute approximate surface area is 424 Å². The van der Waals surface area contributed by atoms with E-state index in [1.54, 1.807) is 54.6 Å². The fourth-order valence-corrected chi connectivity index (χ4v) is 9.43. The van der Waals surface area contributed by atoms with Gasteiger partial charge in [0.15, 0.2) is 5.11 Å². The van der Waals surface area contributed by atoms with Crippen molar-refractivity contribution in [2.75, 3.05) is 70.4 Å². The lowest BCUT2D eigenvalue weighted by Gasteiger charge is -2.30. The summed E-state index contributed by atoms with van der Waals surface area (Å²) in [5.41, 5.74) is 0.455. The van der Waals surface area contributed by atoms with Crippen LogP contribution in [0.1, 0.15) is 55.6 Å². The maximum Gasteiger partial charge on any atom is 0.315 e. The number of carbonyl (C=O) groups excluding carboxylic acids is 4. The summed E-state index contributed by atoms with van der Waals surface area (Å²) >= 11 is 26.0. The van der Waals surface area contributed by atoms with Gasteiger partial charge in [-0.05, 0) is 66.9 Å². The number of nitrogens with one attached hydrogen (secondary N) is 7. The first-order chi connectivity index (χ1) is 33.2. The van der Waals surface area contributed by atoms with Gasteiger partial charge in [0.2, 0.25) is 27.3 Å². The summed E-state index contributed by atoms with van der Waals surface area (Å²) in [6, 6.07) is 19.1. The molecule has 3 aromatic rings. The van der Waals surface area contributed by atoms with Crippen LogP contribution >= 0.6 is 58.8 Å². The van der Waals surface area contributed by atoms with E-state index in [-0.39, 0.29) is 53.8 Å². The van der Waals surface area contributed by atoms with Gasteiger partial charge in [-0.15, -0.1) is 0 Å². The Morgan fingerprint density at radius 2 is 1.48 bits per heavy atom. The molecule has 7 N–H and O–H groups in total. The molecule has 24 heteroatoms. The van der Waals surface area contributed by atoms with Crippen LogP contribution in [0.2, 0.25) is 0 Å². The number of hydrogen-bond donors (Lipinski definition) is 7. The number of hydrogen-bond acceptors (Lipinski definition) is 12. The number of alkyl halides is 3. The Balaban J connectivity index is 0.913. The molecule has 0 spiro atoms. The normalized spacial score (nSPS) is 17.1. The van der Waals surface area contributed by atoms with E-state index in [2.05, 4.69) is 37.2 Å². The van der Waals surface area contributed by atoms with Crippen molar-refractivity contribution in [2.24, 2.45) is 0 Å². The lowest BCUT2D eigenvalue weighted by Crippen LogP contribution is -2.57. The van der Waals surface area contributed by atoms with Crippen LogP contribution in [0.3, 0.4) is 0 Å². The summed E-state index contributed by atoms with van der Waals surface area (Å²) in [6.45, 7) is 3.15. The number of ether oxygens (including phenoxy) is 4. The second-order valence-corrected chi connectivity index (χ2v) is 19.8. The molecule has 2 heterocycles. The molecule has 18 nitrogen and oxygen atoms in total. The van der Waals surface area contributed by atoms with E-state index in [1.165, 1.54) is 6.07 Å². The maximum absolute atomic E-state index is 14.0. The molecule has 3 unspecified atom stereocenters. The number of thiocarbonyl (C=S) groups is 1. The van der Waals surface area contributed by atoms with Crippen LogP contribution in [0.25, 0.3) is 0 Å². The number of fused-ring (bicyclic) bond motifs is 1. The number of benzene rings is 3. The molecule has 376 valence electrons. The number of anilines is 1. The number of rotatable bonds is 29. The first-order valence-electron chi connectivity index (χ1n) is 22.3. The van der Waals surface area contributed by atoms with Crippen LogP contribution in [-0.4, -0.2) is 126 Å². The number of amides is 5. The summed E-state index contributed by atoms with van der Waals surface area (Å²) in [7, 11) is 0. The minimum Gasteiger partial charge on any atom is -0.494 e. The molecular formula is C45H56Cl3FN8O10S2. The topological polar surface area (TPSA) is 233 Å². The summed E-state index contributed by atoms with van der Waals surface area (Å²) in [5, 5.41) is 31.1. The van der Waals surface area contributed by atoms with Crippen LogP contribution in [-0.2, 0) is 28.6 Å². The molecule has 5 amide bonds. The summed E-state index contributed by atoms with van der Waals surface area (Å²) in [4.78, 5) is 60.4. The molecule has 2 saturated heterocycles. The van der Waals surface area contributed by atoms with Gasteiger partial charge in [-0.25, -0.2) is 4.79 Å². The second kappa shape index (κ2) is 28.8. The molecule has 2 fully saturated rings. The smallest absolute Gasteiger partial charge is 0.315 e. The zero-order valence-corrected chi connectivity index (χ0v) is 41.4. The molecule has 69 heavy (non-hydrogen) atoms. The molecule has 5 rings (SSSR count). The molecule has 0 aliphatic carbocycles. The van der Waals surface area contributed by atoms with Gasteiger partial charge in [0.05, 0.1) is 69.2 Å². The van der Waals surface area contributed by atoms with Crippen molar-refractivity contribution < 1.29 is 47.4 Å². The molecule has 0 radical (unpaired) electrons. The minimum absolute atomic E-state index is 0.0000282. The SMILES string of the molecule is O=C(CCCCC1SC[C@H]2NC(=O)N[C@@H]12)NCCOCCOCCOCCNC(=O)CCCOc1cccc(C(C(=O)NC(NC(=S)Nc2ccc(F)c([N+](=O)[O-])c2)C(Cl)(Cl)Cl)c2ccccc2)c1. The summed E-state index contributed by atoms with van der Waals surface area (Å²) < 4.78 is 34.3. The van der Waals surface area contributed by atoms with Crippen molar-refractivity contribution in [3.63, 3.8) is 0 Å². The van der Waals surface area contributed by atoms with E-state index in [0.717, 1.165) is 37.1 Å². The standard InChI is InChI=1S/C45H56Cl3FN8O10S2/c46-45(47,48)42(56-44(68)52-31-15-16-33(49)35(27-31)57(62)63)55-41(60)39(29-8-2-1-3-9-29)30-10-6-11-32(26-30)67-19-7-14-38(59)51-18-21-65-23-25-66-24-22-64-20-17-50-37(58)13-5-4-12-36-40-34(28-69-36)53-43(61)54-40/h1-3,6,8-11,15-16,26-27,34,36,39-40,42H,4-5,7,12-14,17-25,28H2,(H,50,58)(H,51,59)(H,55,60)(H2,52,56,68)(H2,53,54,61)/t34-,36?,39?,40-,42?/m1/s1. The molecule has 0 aromatic heterocycles. The third-order valence-electron chi connectivity index (χ3n) is 10.7. The van der Waals surface area contributed by atoms with Crippen molar-refractivity contribution in [3.8, 4) is 5.75 Å². The zero-order chi connectivity index (χ0) is 49.6. The van der Waals surface area contributed by atoms with E-state index < -0.39 is 38.2 Å². The van der Waals surface area contributed by atoms with E-state index >= 15 is 0 Å². The van der Waals surface area contributed by atoms with Crippen molar-refractivity contribution in [1.82, 2.24) is 31.9 Å². The Hall–Kier alpha value is -4.74. The lowest BCUT2D eigenvalue weighted by molar-refractivity contribution is -0.387. The number of nitrogens with zero attached hydrogens (tertiary/aromatic N) is 1. The monoisotopic (exact) mass is 1060 g/mol. The molecule has 0 bridgehead atoms. The Morgan fingerprint density at radius 3 is 2.14 bits per heavy atom. The van der Waals surface area contributed by atoms with Gasteiger partial charge >= 0.3 is 11.7 Å². The highest BCUT2D eigenvalue weighted by molar-refractivity contribution is 8.00. The van der Waals surface area contributed by atoms with Crippen LogP contribution in [0.4, 0.5) is 20.6 Å². The number of halogens is 4. The van der Waals surface area contributed by atoms with Gasteiger partial charge in [-0.2, -0.15) is 16.2 Å². The van der Waals surface area contributed by atoms with Crippen molar-refractivity contribution in [2.45, 2.75) is 71.7 Å². The Kier molecular flexibility index (Phi) is 23.0. The molecule has 2 aliphatic rings. The van der Waals surface area contributed by atoms with E-state index in [1.807, 2.05) is 11.8 Å². The fraction of sp³-hybridized carbons (Fsp3) is 0.489. The van der Waals surface area contributed by atoms with E-state index in [0.29, 0.717) is 87.7 Å². The van der Waals surface area contributed by atoms with Crippen molar-refractivity contribution in [3.05, 3.63) is 99.9 Å². The number of nitro groups is 1. The van der Waals surface area contributed by atoms with Crippen LogP contribution in [0.15, 0.2) is 72.8 Å². The highest BCUT2D eigenvalue weighted by Crippen LogP contribution is 2.34. The Morgan fingerprint density at radius 1 is 0.826 bits per heavy atom. The number of carbonyl (C=O) groups is 4. The summed E-state index contributed by atoms with van der Waals surface area (Å²) in [5.74, 6) is -1.31. The van der Waals surface area contributed by atoms with Gasteiger partial charge in [0.25, 0.3) is 0 Å². The summed E-state index contributed by atoms with van der Waals surface area (Å²) in [6.07, 6.45) is 2.40. The van der Waals surface area contributed by atoms with Crippen molar-refractivity contribution in [1.29, 1.82) is 0 Å². The predicted molar refractivity (Wildman–Crippen MR) is 267 cm³/mol. The van der Waals surface area contributed by atoms with Crippen LogP contribution in [0.5, 0.6) is 5.75 Å². The number of unbranched alkanes of at least 4 members (excludes halogenated alkanes) is 1. The second-order valence-electron chi connectivity index (χ2n) is 15.8. The van der Waals surface area contributed by atoms with Crippen LogP contribution < -0.4 is 42.0 Å². The molecule has 0 saturated carbocycles. The van der Waals surface area contributed by atoms with Gasteiger partial charge in [-0.1, -0.05) is 83.7 Å². The quantitative estimate of drug-likeness (QED) is 0.00825. The highest BCUT2D eigenvalue weighted by atomic mass is 35.6. The van der Waals surface area contributed by atoms with Crippen molar-refractivity contribution >= 4 is 99.0 Å². The van der Waals surface area contributed by atoms with Gasteiger partial charge < -0.3 is 56.2 Å². The third kappa shape index (κ3) is 19.2. The number of urea groups is 1. The van der Waals surface area contributed by atoms with Gasteiger partial charge in [-0.3, -0.25) is 24.5 Å². The first-order valence-corrected chi connectivity index (χ1v) is 24.9. The van der Waals surface area contributed by atoms with E-state index in [9.17, 15) is 33.7 Å². The molecule has 5 atom stereocenters. The maximum atomic E-state index is 14.0. The average molecular weight is 1060 g/mol. The van der Waals surface area contributed by atoms with E-state index in [4.69, 9.17) is 66.0 Å². The number of thioether (sulfide) groups is 1. The molecular weight excluding hydrogens is 1000 g/mol. The Bertz CT molecular complexity index is 2190. The first kappa shape index (κ1) is 55.2. The number of nitro benzene ring substituents is 1. The third-order valence-corrected chi connectivity index (χ3v) is 13.0. The van der Waals surface area contributed by atoms with Gasteiger partial charge in [0, 0.05) is 48.7 Å². The highest BCUT2D eigenvalue weighted by Gasteiger charge is 2.42. The lowest BCUT2D eigenvalue weighted by atomic mass is 9.90. The van der Waals surface area contributed by atoms with Gasteiger partial charge in [0.1, 0.15) is 11.9 Å². The largest absolute Gasteiger partial charge is 0.494 e. The predicted octanol–water partition coefficient (Wildman–Crippen LogP) is 5.83. The molecule has 3 aromatic carbocycles. The van der Waals surface area contributed by atoms with Crippen LogP contribution in [0, 0.1) is 15.9 Å². The molecule has 2 aliphatic heterocycles. The minimum atomic E-state index is -2.14. The zero-order valence-electron chi connectivity index (χ0n) is 37.5.